The minimum atomic E-state index is -0.102. The number of aromatic nitrogens is 2. The Kier molecular flexibility index (Phi) is 6.77. The van der Waals surface area contributed by atoms with Gasteiger partial charge in [-0.2, -0.15) is 4.98 Å². The van der Waals surface area contributed by atoms with Crippen LogP contribution >= 0.6 is 35.0 Å². The van der Waals surface area contributed by atoms with E-state index < -0.39 is 0 Å². The highest BCUT2D eigenvalue weighted by atomic mass is 35.5. The first-order chi connectivity index (χ1) is 13.0. The van der Waals surface area contributed by atoms with Crippen molar-refractivity contribution in [3.63, 3.8) is 0 Å². The third kappa shape index (κ3) is 5.73. The predicted octanol–water partition coefficient (Wildman–Crippen LogP) is 4.90. The third-order valence-electron chi connectivity index (χ3n) is 3.67. The van der Waals surface area contributed by atoms with Gasteiger partial charge in [0.15, 0.2) is 0 Å². The average molecular weight is 422 g/mol. The summed E-state index contributed by atoms with van der Waals surface area (Å²) >= 11 is 13.4. The van der Waals surface area contributed by atoms with Crippen LogP contribution in [0.15, 0.2) is 47.0 Å². The van der Waals surface area contributed by atoms with Gasteiger partial charge in [-0.25, -0.2) is 0 Å². The van der Waals surface area contributed by atoms with Crippen LogP contribution in [-0.2, 0) is 17.1 Å². The van der Waals surface area contributed by atoms with Crippen molar-refractivity contribution in [2.24, 2.45) is 0 Å². The summed E-state index contributed by atoms with van der Waals surface area (Å²) in [5, 5.41) is 7.77. The van der Waals surface area contributed by atoms with E-state index >= 15 is 0 Å². The number of halogens is 2. The summed E-state index contributed by atoms with van der Waals surface area (Å²) in [7, 11) is 0. The van der Waals surface area contributed by atoms with E-state index in [4.69, 9.17) is 27.7 Å². The number of thioether (sulfide) groups is 1. The molecule has 1 amide bonds. The summed E-state index contributed by atoms with van der Waals surface area (Å²) in [5.41, 5.74) is 3.02. The van der Waals surface area contributed by atoms with E-state index in [9.17, 15) is 4.79 Å². The second-order valence-corrected chi connectivity index (χ2v) is 7.70. The molecule has 5 nitrogen and oxygen atoms in total. The van der Waals surface area contributed by atoms with Crippen molar-refractivity contribution in [1.29, 1.82) is 0 Å². The van der Waals surface area contributed by atoms with E-state index in [2.05, 4.69) is 15.5 Å². The monoisotopic (exact) mass is 421 g/mol. The molecular weight excluding hydrogens is 405 g/mol. The molecular formula is C19H17Cl2N3O2S. The lowest BCUT2D eigenvalue weighted by Crippen LogP contribution is -2.24. The predicted molar refractivity (Wildman–Crippen MR) is 109 cm³/mol. The van der Waals surface area contributed by atoms with Crippen LogP contribution in [0.3, 0.4) is 0 Å². The Hall–Kier alpha value is -2.02. The van der Waals surface area contributed by atoms with Gasteiger partial charge >= 0.3 is 0 Å². The molecule has 0 unspecified atom stereocenters. The fraction of sp³-hybridized carbons (Fsp3) is 0.211. The van der Waals surface area contributed by atoms with E-state index in [1.165, 1.54) is 11.8 Å². The number of nitrogens with one attached hydrogen (secondary N) is 1. The van der Waals surface area contributed by atoms with E-state index in [0.717, 1.165) is 16.7 Å². The molecule has 3 rings (SSSR count). The normalized spacial score (nSPS) is 10.8. The van der Waals surface area contributed by atoms with E-state index in [1.54, 1.807) is 12.1 Å². The molecule has 0 spiro atoms. The maximum Gasteiger partial charge on any atom is 0.246 e. The van der Waals surface area contributed by atoms with Crippen molar-refractivity contribution in [2.45, 2.75) is 19.2 Å². The molecule has 27 heavy (non-hydrogen) atoms. The Bertz CT molecular complexity index is 946. The van der Waals surface area contributed by atoms with Gasteiger partial charge in [-0.15, -0.1) is 11.8 Å². The SMILES string of the molecule is Cc1cccc(-c2noc(CNC(=O)CSCc3ccc(Cl)c(Cl)c3)n2)c1. The molecule has 0 atom stereocenters. The van der Waals surface area contributed by atoms with Crippen molar-refractivity contribution in [3.8, 4) is 11.4 Å². The highest BCUT2D eigenvalue weighted by molar-refractivity contribution is 7.99. The number of hydrogen-bond acceptors (Lipinski definition) is 5. The second-order valence-electron chi connectivity index (χ2n) is 5.90. The lowest BCUT2D eigenvalue weighted by Gasteiger charge is -2.04. The molecule has 1 N–H and O–H groups in total. The molecule has 0 aliphatic carbocycles. The lowest BCUT2D eigenvalue weighted by molar-refractivity contribution is -0.118. The van der Waals surface area contributed by atoms with Gasteiger partial charge in [-0.3, -0.25) is 4.79 Å². The molecule has 0 fully saturated rings. The maximum absolute atomic E-state index is 12.0. The first-order valence-corrected chi connectivity index (χ1v) is 10.1. The third-order valence-corrected chi connectivity index (χ3v) is 5.41. The Labute approximate surface area is 171 Å². The first-order valence-electron chi connectivity index (χ1n) is 8.19. The number of rotatable bonds is 7. The van der Waals surface area contributed by atoms with Gasteiger partial charge in [-0.05, 0) is 30.7 Å². The van der Waals surface area contributed by atoms with Gasteiger partial charge in [0.25, 0.3) is 0 Å². The lowest BCUT2D eigenvalue weighted by atomic mass is 10.1. The van der Waals surface area contributed by atoms with Crippen molar-refractivity contribution in [2.75, 3.05) is 5.75 Å². The van der Waals surface area contributed by atoms with Gasteiger partial charge in [0.2, 0.25) is 17.6 Å². The molecule has 0 aliphatic rings. The maximum atomic E-state index is 12.0. The van der Waals surface area contributed by atoms with E-state index in [0.29, 0.717) is 33.3 Å². The number of nitrogens with zero attached hydrogens (tertiary/aromatic N) is 2. The zero-order chi connectivity index (χ0) is 19.2. The van der Waals surface area contributed by atoms with Crippen LogP contribution in [0, 0.1) is 6.92 Å². The largest absolute Gasteiger partial charge is 0.346 e. The fourth-order valence-corrected chi connectivity index (χ4v) is 3.47. The van der Waals surface area contributed by atoms with Crippen LogP contribution in [-0.4, -0.2) is 21.8 Å². The zero-order valence-corrected chi connectivity index (χ0v) is 16.9. The average Bonchev–Trinajstić information content (AvgIpc) is 3.12. The van der Waals surface area contributed by atoms with Gasteiger partial charge in [-0.1, -0.05) is 58.2 Å². The van der Waals surface area contributed by atoms with Crippen LogP contribution in [0.4, 0.5) is 0 Å². The minimum absolute atomic E-state index is 0.102. The number of aryl methyl sites for hydroxylation is 1. The molecule has 0 saturated heterocycles. The van der Waals surface area contributed by atoms with Crippen LogP contribution in [0.25, 0.3) is 11.4 Å². The molecule has 1 aromatic heterocycles. The quantitative estimate of drug-likeness (QED) is 0.587. The highest BCUT2D eigenvalue weighted by Crippen LogP contribution is 2.24. The fourth-order valence-electron chi connectivity index (χ4n) is 2.34. The Morgan fingerprint density at radius 1 is 1.19 bits per heavy atom. The number of amides is 1. The van der Waals surface area contributed by atoms with Crippen molar-refractivity contribution in [1.82, 2.24) is 15.5 Å². The van der Waals surface area contributed by atoms with E-state index in [1.807, 2.05) is 37.3 Å². The standard InChI is InChI=1S/C19H17Cl2N3O2S/c1-12-3-2-4-14(7-12)19-23-18(26-24-19)9-22-17(25)11-27-10-13-5-6-15(20)16(21)8-13/h2-8H,9-11H2,1H3,(H,22,25). The number of carbonyl (C=O) groups excluding carboxylic acids is 1. The molecule has 0 aliphatic heterocycles. The molecule has 2 aromatic carbocycles. The Morgan fingerprint density at radius 2 is 2.04 bits per heavy atom. The van der Waals surface area contributed by atoms with Gasteiger partial charge in [0, 0.05) is 11.3 Å². The summed E-state index contributed by atoms with van der Waals surface area (Å²) < 4.78 is 5.20. The topological polar surface area (TPSA) is 68.0 Å². The van der Waals surface area contributed by atoms with Crippen molar-refractivity contribution < 1.29 is 9.32 Å². The van der Waals surface area contributed by atoms with Gasteiger partial charge in [0.05, 0.1) is 22.3 Å². The number of hydrogen-bond donors (Lipinski definition) is 1. The van der Waals surface area contributed by atoms with E-state index in [-0.39, 0.29) is 12.5 Å². The molecule has 0 radical (unpaired) electrons. The molecule has 8 heteroatoms. The number of carbonyl (C=O) groups is 1. The first kappa shape index (κ1) is 19.7. The number of benzene rings is 2. The molecule has 3 aromatic rings. The summed E-state index contributed by atoms with van der Waals surface area (Å²) in [6.45, 7) is 2.20. The highest BCUT2D eigenvalue weighted by Gasteiger charge is 2.10. The molecule has 0 bridgehead atoms. The smallest absolute Gasteiger partial charge is 0.246 e. The van der Waals surface area contributed by atoms with Gasteiger partial charge in [0.1, 0.15) is 0 Å². The van der Waals surface area contributed by atoms with Crippen LogP contribution in [0.1, 0.15) is 17.0 Å². The summed E-state index contributed by atoms with van der Waals surface area (Å²) in [5.74, 6) is 1.77. The summed E-state index contributed by atoms with van der Waals surface area (Å²) in [6, 6.07) is 13.3. The zero-order valence-electron chi connectivity index (χ0n) is 14.5. The Balaban J connectivity index is 1.44. The van der Waals surface area contributed by atoms with Crippen molar-refractivity contribution in [3.05, 3.63) is 69.5 Å². The molecule has 0 saturated carbocycles. The second kappa shape index (κ2) is 9.26. The molecule has 1 heterocycles. The van der Waals surface area contributed by atoms with Crippen molar-refractivity contribution >= 4 is 40.9 Å². The molecule has 140 valence electrons. The van der Waals surface area contributed by atoms with Gasteiger partial charge < -0.3 is 9.84 Å². The Morgan fingerprint density at radius 3 is 2.81 bits per heavy atom. The summed E-state index contributed by atoms with van der Waals surface area (Å²) in [4.78, 5) is 16.3. The summed E-state index contributed by atoms with van der Waals surface area (Å²) in [6.07, 6.45) is 0. The minimum Gasteiger partial charge on any atom is -0.346 e. The van der Waals surface area contributed by atoms with Crippen LogP contribution in [0.2, 0.25) is 10.0 Å². The van der Waals surface area contributed by atoms with Crippen LogP contribution in [0.5, 0.6) is 0 Å². The van der Waals surface area contributed by atoms with Crippen LogP contribution < -0.4 is 5.32 Å².